The first-order valence-electron chi connectivity index (χ1n) is 7.59. The van der Waals surface area contributed by atoms with Crippen LogP contribution in [0.25, 0.3) is 0 Å². The van der Waals surface area contributed by atoms with E-state index < -0.39 is 5.60 Å². The number of ether oxygens (including phenoxy) is 1. The Morgan fingerprint density at radius 3 is 2.32 bits per heavy atom. The molecule has 7 heteroatoms. The minimum absolute atomic E-state index is 0.132. The second-order valence-corrected chi connectivity index (χ2v) is 7.11. The Kier molecular flexibility index (Phi) is 6.59. The van der Waals surface area contributed by atoms with E-state index in [1.807, 2.05) is 46.7 Å². The zero-order valence-electron chi connectivity index (χ0n) is 14.5. The van der Waals surface area contributed by atoms with Gasteiger partial charge in [-0.15, -0.1) is 0 Å². The summed E-state index contributed by atoms with van der Waals surface area (Å²) >= 11 is 5.37. The molecule has 1 rings (SSSR count). The maximum Gasteiger partial charge on any atom is 0.407 e. The van der Waals surface area contributed by atoms with E-state index in [9.17, 15) is 4.79 Å². The molecule has 1 aliphatic heterocycles. The molecule has 0 saturated carbocycles. The van der Waals surface area contributed by atoms with Gasteiger partial charge in [0.05, 0.1) is 0 Å². The molecule has 6 nitrogen and oxygen atoms in total. The first kappa shape index (κ1) is 18.7. The number of hydrogen-bond donors (Lipinski definition) is 1. The number of amidine groups is 1. The highest BCUT2D eigenvalue weighted by molar-refractivity contribution is 7.80. The van der Waals surface area contributed by atoms with Crippen LogP contribution in [0.2, 0.25) is 0 Å². The van der Waals surface area contributed by atoms with Crippen molar-refractivity contribution < 1.29 is 9.53 Å². The summed E-state index contributed by atoms with van der Waals surface area (Å²) < 4.78 is 5.28. The van der Waals surface area contributed by atoms with Crippen LogP contribution in [0.1, 0.15) is 40.5 Å². The molecule has 0 spiro atoms. The molecule has 126 valence electrons. The number of thiocarbonyl (C=S) groups is 1. The van der Waals surface area contributed by atoms with Gasteiger partial charge >= 0.3 is 6.09 Å². The molecule has 0 aliphatic carbocycles. The van der Waals surface area contributed by atoms with Gasteiger partial charge in [0.2, 0.25) is 0 Å². The lowest BCUT2D eigenvalue weighted by molar-refractivity contribution is 0.0488. The van der Waals surface area contributed by atoms with Gasteiger partial charge in [-0.1, -0.05) is 0 Å². The van der Waals surface area contributed by atoms with Gasteiger partial charge in [0.15, 0.2) is 5.11 Å². The van der Waals surface area contributed by atoms with E-state index in [2.05, 4.69) is 15.2 Å². The topological polar surface area (TPSA) is 57.2 Å². The van der Waals surface area contributed by atoms with Crippen LogP contribution in [0.5, 0.6) is 0 Å². The van der Waals surface area contributed by atoms with Crippen molar-refractivity contribution in [3.8, 4) is 0 Å². The Balaban J connectivity index is 2.42. The molecular weight excluding hydrogens is 300 g/mol. The van der Waals surface area contributed by atoms with Crippen LogP contribution in [0.15, 0.2) is 4.99 Å². The Hall–Kier alpha value is -1.37. The zero-order chi connectivity index (χ0) is 16.9. The number of amides is 1. The molecule has 22 heavy (non-hydrogen) atoms. The number of likely N-dealkylation sites (tertiary alicyclic amines) is 1. The number of carbonyl (C=O) groups is 1. The first-order chi connectivity index (χ1) is 10.1. The second kappa shape index (κ2) is 7.76. The van der Waals surface area contributed by atoms with E-state index in [1.165, 1.54) is 0 Å². The van der Waals surface area contributed by atoms with Crippen LogP contribution in [0, 0.1) is 0 Å². The Labute approximate surface area is 138 Å². The third kappa shape index (κ3) is 6.60. The predicted octanol–water partition coefficient (Wildman–Crippen LogP) is 2.24. The van der Waals surface area contributed by atoms with Crippen molar-refractivity contribution in [1.82, 2.24) is 15.1 Å². The van der Waals surface area contributed by atoms with E-state index in [0.29, 0.717) is 5.11 Å². The van der Waals surface area contributed by atoms with Gasteiger partial charge in [-0.2, -0.15) is 0 Å². The van der Waals surface area contributed by atoms with Gasteiger partial charge in [0.1, 0.15) is 11.4 Å². The standard InChI is InChI=1S/C15H28N4O2S/c1-11(18(5)6)16-13(22)19-9-7-12(8-10-19)17-14(20)21-15(2,3)4/h12H,7-10H2,1-6H3,(H,17,20)/b16-11+. The van der Waals surface area contributed by atoms with Crippen LogP contribution < -0.4 is 5.32 Å². The van der Waals surface area contributed by atoms with Crippen molar-refractivity contribution in [2.75, 3.05) is 27.2 Å². The minimum Gasteiger partial charge on any atom is -0.444 e. The third-order valence-electron chi connectivity index (χ3n) is 3.39. The maximum atomic E-state index is 11.8. The lowest BCUT2D eigenvalue weighted by atomic mass is 10.1. The minimum atomic E-state index is -0.467. The van der Waals surface area contributed by atoms with Crippen LogP contribution in [-0.4, -0.2) is 65.7 Å². The average molecular weight is 328 g/mol. The van der Waals surface area contributed by atoms with E-state index in [1.54, 1.807) is 0 Å². The van der Waals surface area contributed by atoms with Crippen molar-refractivity contribution in [3.63, 3.8) is 0 Å². The normalized spacial score (nSPS) is 17.2. The molecule has 0 radical (unpaired) electrons. The number of hydrogen-bond acceptors (Lipinski definition) is 3. The van der Waals surface area contributed by atoms with Crippen molar-refractivity contribution in [2.45, 2.75) is 52.2 Å². The second-order valence-electron chi connectivity index (χ2n) is 6.74. The number of rotatable bonds is 1. The Morgan fingerprint density at radius 1 is 1.32 bits per heavy atom. The van der Waals surface area contributed by atoms with E-state index in [4.69, 9.17) is 17.0 Å². The van der Waals surface area contributed by atoms with Crippen LogP contribution in [0.3, 0.4) is 0 Å². The summed E-state index contributed by atoms with van der Waals surface area (Å²) in [6.45, 7) is 9.10. The van der Waals surface area contributed by atoms with Crippen molar-refractivity contribution in [1.29, 1.82) is 0 Å². The maximum absolute atomic E-state index is 11.8. The van der Waals surface area contributed by atoms with Crippen molar-refractivity contribution in [3.05, 3.63) is 0 Å². The van der Waals surface area contributed by atoms with Crippen LogP contribution in [-0.2, 0) is 4.74 Å². The summed E-state index contributed by atoms with van der Waals surface area (Å²) in [6, 6.07) is 0.132. The van der Waals surface area contributed by atoms with Gasteiger partial charge in [0.25, 0.3) is 0 Å². The molecule has 0 atom stereocenters. The number of aliphatic imine (C=N–C) groups is 1. The highest BCUT2D eigenvalue weighted by Gasteiger charge is 2.24. The molecule has 0 unspecified atom stereocenters. The quantitative estimate of drug-likeness (QED) is 0.454. The zero-order valence-corrected chi connectivity index (χ0v) is 15.3. The molecule has 1 aliphatic rings. The van der Waals surface area contributed by atoms with Gasteiger partial charge in [0, 0.05) is 33.2 Å². The number of alkyl carbamates (subject to hydrolysis) is 1. The smallest absolute Gasteiger partial charge is 0.407 e. The molecule has 1 amide bonds. The number of carbonyl (C=O) groups excluding carboxylic acids is 1. The predicted molar refractivity (Wildman–Crippen MR) is 93.4 cm³/mol. The van der Waals surface area contributed by atoms with E-state index in [-0.39, 0.29) is 12.1 Å². The molecule has 0 bridgehead atoms. The van der Waals surface area contributed by atoms with Gasteiger partial charge in [-0.3, -0.25) is 0 Å². The lowest BCUT2D eigenvalue weighted by Gasteiger charge is -2.33. The van der Waals surface area contributed by atoms with Crippen molar-refractivity contribution >= 4 is 29.3 Å². The van der Waals surface area contributed by atoms with Crippen molar-refractivity contribution in [2.24, 2.45) is 4.99 Å². The van der Waals surface area contributed by atoms with E-state index in [0.717, 1.165) is 31.8 Å². The fourth-order valence-electron chi connectivity index (χ4n) is 2.00. The summed E-state index contributed by atoms with van der Waals surface area (Å²) in [6.07, 6.45) is 1.33. The van der Waals surface area contributed by atoms with Gasteiger partial charge in [-0.25, -0.2) is 9.79 Å². The molecule has 1 heterocycles. The monoisotopic (exact) mass is 328 g/mol. The summed E-state index contributed by atoms with van der Waals surface area (Å²) in [4.78, 5) is 20.2. The molecule has 1 fully saturated rings. The summed E-state index contributed by atoms with van der Waals surface area (Å²) in [7, 11) is 3.89. The molecule has 0 aromatic carbocycles. The SMILES string of the molecule is C/C(=N\C(=S)N1CCC(NC(=O)OC(C)(C)C)CC1)N(C)C. The number of nitrogens with one attached hydrogen (secondary N) is 1. The fraction of sp³-hybridized carbons (Fsp3) is 0.800. The molecular formula is C15H28N4O2S. The fourth-order valence-corrected chi connectivity index (χ4v) is 2.31. The molecule has 1 saturated heterocycles. The largest absolute Gasteiger partial charge is 0.444 e. The first-order valence-corrected chi connectivity index (χ1v) is 8.00. The van der Waals surface area contributed by atoms with Crippen LogP contribution in [0.4, 0.5) is 4.79 Å². The summed E-state index contributed by atoms with van der Waals surface area (Å²) in [5.41, 5.74) is -0.467. The number of nitrogens with zero attached hydrogens (tertiary/aromatic N) is 3. The summed E-state index contributed by atoms with van der Waals surface area (Å²) in [5.74, 6) is 0.888. The highest BCUT2D eigenvalue weighted by Crippen LogP contribution is 2.13. The molecule has 0 aromatic heterocycles. The number of piperidine rings is 1. The van der Waals surface area contributed by atoms with Gasteiger partial charge < -0.3 is 19.9 Å². The highest BCUT2D eigenvalue weighted by atomic mass is 32.1. The average Bonchev–Trinajstić information content (AvgIpc) is 2.36. The lowest BCUT2D eigenvalue weighted by Crippen LogP contribution is -2.47. The molecule has 1 N–H and O–H groups in total. The Bertz CT molecular complexity index is 435. The Morgan fingerprint density at radius 2 is 1.86 bits per heavy atom. The summed E-state index contributed by atoms with van der Waals surface area (Å²) in [5, 5.41) is 3.53. The molecule has 0 aromatic rings. The third-order valence-corrected chi connectivity index (χ3v) is 3.74. The van der Waals surface area contributed by atoms with E-state index >= 15 is 0 Å². The van der Waals surface area contributed by atoms with Gasteiger partial charge in [-0.05, 0) is 52.8 Å². The van der Waals surface area contributed by atoms with Crippen LogP contribution >= 0.6 is 12.2 Å².